The monoisotopic (exact) mass is 353 g/mol. The van der Waals surface area contributed by atoms with Gasteiger partial charge in [0.1, 0.15) is 17.3 Å². The molecule has 0 saturated heterocycles. The molecule has 126 valence electrons. The maximum atomic E-state index is 13.4. The Labute approximate surface area is 139 Å². The Balaban J connectivity index is 1.81. The highest BCUT2D eigenvalue weighted by atomic mass is 32.1. The van der Waals surface area contributed by atoms with Gasteiger partial charge in [-0.05, 0) is 12.1 Å². The summed E-state index contributed by atoms with van der Waals surface area (Å²) in [6.45, 7) is 1.33. The van der Waals surface area contributed by atoms with Crippen LogP contribution < -0.4 is 10.6 Å². The molecule has 0 atom stereocenters. The number of hydrogen-bond donors (Lipinski definition) is 2. The van der Waals surface area contributed by atoms with E-state index in [4.69, 9.17) is 0 Å². The molecule has 9 heteroatoms. The van der Waals surface area contributed by atoms with Crippen molar-refractivity contribution in [3.05, 3.63) is 46.5 Å². The number of nitrogens with zero attached hydrogens (tertiary/aromatic N) is 1. The number of rotatable bonds is 6. The summed E-state index contributed by atoms with van der Waals surface area (Å²) in [6, 6.07) is 2.61. The van der Waals surface area contributed by atoms with Crippen molar-refractivity contribution in [2.45, 2.75) is 13.3 Å². The highest BCUT2D eigenvalue weighted by molar-refractivity contribution is 7.14. The van der Waals surface area contributed by atoms with Crippen LogP contribution in [-0.4, -0.2) is 29.1 Å². The van der Waals surface area contributed by atoms with E-state index in [-0.39, 0.29) is 35.1 Å². The van der Waals surface area contributed by atoms with Crippen molar-refractivity contribution < 1.29 is 23.2 Å². The molecule has 0 bridgehead atoms. The second-order valence-corrected chi connectivity index (χ2v) is 5.63. The number of halogens is 2. The molecule has 0 spiro atoms. The number of Topliss-reactive ketones (excluding diaryl/α,β-unsaturated/α-hetero) is 1. The Kier molecular flexibility index (Phi) is 5.69. The van der Waals surface area contributed by atoms with Crippen molar-refractivity contribution in [3.63, 3.8) is 0 Å². The Morgan fingerprint density at radius 1 is 1.25 bits per heavy atom. The fourth-order valence-corrected chi connectivity index (χ4v) is 2.50. The van der Waals surface area contributed by atoms with Crippen molar-refractivity contribution in [1.82, 2.24) is 10.3 Å². The van der Waals surface area contributed by atoms with Gasteiger partial charge in [0.05, 0.1) is 5.56 Å². The van der Waals surface area contributed by atoms with Gasteiger partial charge in [-0.3, -0.25) is 14.4 Å². The minimum atomic E-state index is -0.975. The second kappa shape index (κ2) is 7.73. The maximum absolute atomic E-state index is 13.4. The molecule has 0 aliphatic carbocycles. The third-order valence-electron chi connectivity index (χ3n) is 2.92. The van der Waals surface area contributed by atoms with Crippen LogP contribution >= 0.6 is 11.3 Å². The van der Waals surface area contributed by atoms with Gasteiger partial charge >= 0.3 is 0 Å². The summed E-state index contributed by atoms with van der Waals surface area (Å²) in [5.41, 5.74) is -0.0433. The molecule has 0 fully saturated rings. The molecular formula is C15H13F2N3O3S. The number of thiazole rings is 1. The predicted octanol–water partition coefficient (Wildman–Crippen LogP) is 2.38. The third kappa shape index (κ3) is 4.66. The molecule has 0 aliphatic rings. The minimum Gasteiger partial charge on any atom is -0.351 e. The van der Waals surface area contributed by atoms with E-state index in [2.05, 4.69) is 15.6 Å². The van der Waals surface area contributed by atoms with Gasteiger partial charge in [0.2, 0.25) is 5.91 Å². The number of carbonyl (C=O) groups excluding carboxylic acids is 3. The number of nitrogens with one attached hydrogen (secondary N) is 2. The number of hydrogen-bond acceptors (Lipinski definition) is 5. The number of amides is 2. The number of benzene rings is 1. The zero-order valence-electron chi connectivity index (χ0n) is 12.6. The van der Waals surface area contributed by atoms with Crippen LogP contribution in [0.3, 0.4) is 0 Å². The van der Waals surface area contributed by atoms with E-state index < -0.39 is 23.4 Å². The van der Waals surface area contributed by atoms with Gasteiger partial charge in [0.25, 0.3) is 5.91 Å². The molecule has 2 N–H and O–H groups in total. The first-order valence-electron chi connectivity index (χ1n) is 6.86. The van der Waals surface area contributed by atoms with Crippen LogP contribution in [0.25, 0.3) is 0 Å². The number of ketones is 1. The average molecular weight is 353 g/mol. The summed E-state index contributed by atoms with van der Waals surface area (Å²) < 4.78 is 26.2. The summed E-state index contributed by atoms with van der Waals surface area (Å²) in [4.78, 5) is 38.5. The highest BCUT2D eigenvalue weighted by Gasteiger charge is 2.13. The first-order chi connectivity index (χ1) is 11.4. The number of aromatic nitrogens is 1. The molecule has 24 heavy (non-hydrogen) atoms. The van der Waals surface area contributed by atoms with Gasteiger partial charge in [0.15, 0.2) is 10.9 Å². The average Bonchev–Trinajstić information content (AvgIpc) is 2.95. The highest BCUT2D eigenvalue weighted by Crippen LogP contribution is 2.15. The van der Waals surface area contributed by atoms with E-state index in [1.165, 1.54) is 12.3 Å². The van der Waals surface area contributed by atoms with Crippen molar-refractivity contribution in [2.75, 3.05) is 11.9 Å². The van der Waals surface area contributed by atoms with Gasteiger partial charge < -0.3 is 10.6 Å². The molecule has 0 saturated carbocycles. The van der Waals surface area contributed by atoms with Crippen molar-refractivity contribution in [2.24, 2.45) is 0 Å². The zero-order chi connectivity index (χ0) is 17.7. The Morgan fingerprint density at radius 2 is 2.00 bits per heavy atom. The lowest BCUT2D eigenvalue weighted by molar-refractivity contribution is -0.116. The quantitative estimate of drug-likeness (QED) is 0.781. The first kappa shape index (κ1) is 17.7. The fraction of sp³-hybridized carbons (Fsp3) is 0.200. The fourth-order valence-electron chi connectivity index (χ4n) is 1.73. The van der Waals surface area contributed by atoms with Crippen molar-refractivity contribution >= 4 is 34.1 Å². The lowest BCUT2D eigenvalue weighted by atomic mass is 10.2. The van der Waals surface area contributed by atoms with Crippen LogP contribution in [0.15, 0.2) is 23.6 Å². The van der Waals surface area contributed by atoms with Crippen LogP contribution in [-0.2, 0) is 4.79 Å². The first-order valence-corrected chi connectivity index (χ1v) is 7.74. The van der Waals surface area contributed by atoms with Gasteiger partial charge in [-0.25, -0.2) is 13.8 Å². The normalized spacial score (nSPS) is 10.3. The molecule has 1 heterocycles. The maximum Gasteiger partial charge on any atom is 0.254 e. The van der Waals surface area contributed by atoms with Gasteiger partial charge in [-0.2, -0.15) is 0 Å². The molecule has 2 aromatic rings. The summed E-state index contributed by atoms with van der Waals surface area (Å²) >= 11 is 1.11. The van der Waals surface area contributed by atoms with Crippen LogP contribution in [0.4, 0.5) is 13.9 Å². The molecule has 1 aromatic carbocycles. The van der Waals surface area contributed by atoms with Crippen LogP contribution in [0, 0.1) is 11.6 Å². The van der Waals surface area contributed by atoms with E-state index in [0.29, 0.717) is 6.07 Å². The lowest BCUT2D eigenvalue weighted by Crippen LogP contribution is -2.28. The molecule has 0 unspecified atom stereocenters. The molecule has 2 rings (SSSR count). The van der Waals surface area contributed by atoms with E-state index in [0.717, 1.165) is 23.5 Å². The number of anilines is 1. The van der Waals surface area contributed by atoms with Crippen molar-refractivity contribution in [3.8, 4) is 0 Å². The molecule has 0 aliphatic heterocycles. The van der Waals surface area contributed by atoms with Gasteiger partial charge in [0, 0.05) is 31.3 Å². The molecule has 2 amide bonds. The zero-order valence-corrected chi connectivity index (χ0v) is 13.4. The van der Waals surface area contributed by atoms with Crippen LogP contribution in [0.1, 0.15) is 34.2 Å². The van der Waals surface area contributed by atoms with E-state index >= 15 is 0 Å². The largest absolute Gasteiger partial charge is 0.351 e. The van der Waals surface area contributed by atoms with Crippen LogP contribution in [0.5, 0.6) is 0 Å². The molecule has 1 aromatic heterocycles. The van der Waals surface area contributed by atoms with E-state index in [1.54, 1.807) is 0 Å². The summed E-state index contributed by atoms with van der Waals surface area (Å²) in [7, 11) is 0. The topological polar surface area (TPSA) is 88.2 Å². The van der Waals surface area contributed by atoms with E-state index in [9.17, 15) is 23.2 Å². The molecule has 0 radical (unpaired) electrons. The summed E-state index contributed by atoms with van der Waals surface area (Å²) in [5.74, 6) is -3.12. The standard InChI is InChI=1S/C15H13F2N3O3S/c1-8(21)12-7-24-15(19-12)20-13(22)4-5-18-14(23)10-3-2-9(16)6-11(10)17/h2-3,6-7H,4-5H2,1H3,(H,18,23)(H,19,20,22). The Morgan fingerprint density at radius 3 is 2.62 bits per heavy atom. The predicted molar refractivity (Wildman–Crippen MR) is 84.1 cm³/mol. The van der Waals surface area contributed by atoms with Gasteiger partial charge in [-0.15, -0.1) is 11.3 Å². The molecular weight excluding hydrogens is 340 g/mol. The summed E-state index contributed by atoms with van der Waals surface area (Å²) in [6.07, 6.45) is -0.0659. The van der Waals surface area contributed by atoms with Crippen LogP contribution in [0.2, 0.25) is 0 Å². The Bertz CT molecular complexity index is 792. The lowest BCUT2D eigenvalue weighted by Gasteiger charge is -2.06. The SMILES string of the molecule is CC(=O)c1csc(NC(=O)CCNC(=O)c2ccc(F)cc2F)n1. The Hall–Kier alpha value is -2.68. The third-order valence-corrected chi connectivity index (χ3v) is 3.68. The van der Waals surface area contributed by atoms with Crippen molar-refractivity contribution in [1.29, 1.82) is 0 Å². The molecule has 6 nitrogen and oxygen atoms in total. The van der Waals surface area contributed by atoms with E-state index in [1.807, 2.05) is 0 Å². The second-order valence-electron chi connectivity index (χ2n) is 4.77. The van der Waals surface area contributed by atoms with Gasteiger partial charge in [-0.1, -0.05) is 0 Å². The minimum absolute atomic E-state index is 0.0353. The smallest absolute Gasteiger partial charge is 0.254 e. The summed E-state index contributed by atoms with van der Waals surface area (Å²) in [5, 5.41) is 6.66. The number of carbonyl (C=O) groups is 3.